The first kappa shape index (κ1) is 10.8. The van der Waals surface area contributed by atoms with E-state index in [1.54, 1.807) is 0.889 Å². The molecule has 9 heavy (non-hydrogen) atoms. The molecular formula is C5H15B3Ba. The molecule has 0 aliphatic heterocycles. The van der Waals surface area contributed by atoms with Crippen LogP contribution < -0.4 is 0 Å². The molecule has 0 aromatic rings. The van der Waals surface area contributed by atoms with Gasteiger partial charge in [-0.1, -0.05) is 0 Å². The Morgan fingerprint density at radius 3 is 2.67 bits per heavy atom. The Bertz CT molecular complexity index is 54.2. The summed E-state index contributed by atoms with van der Waals surface area (Å²) in [6.07, 6.45) is 1.53. The minimum atomic E-state index is -0.341. The molecule has 0 fully saturated rings. The third-order valence-electron chi connectivity index (χ3n) is 1.97. The van der Waals surface area contributed by atoms with Crippen molar-refractivity contribution >= 4 is 66.4 Å². The van der Waals surface area contributed by atoms with Crippen LogP contribution in [0.2, 0.25) is 14.3 Å². The van der Waals surface area contributed by atoms with Gasteiger partial charge in [0, 0.05) is 0 Å². The number of rotatable bonds is 5. The Kier molecular flexibility index (Phi) is 9.41. The molecule has 0 aliphatic rings. The van der Waals surface area contributed by atoms with Crippen LogP contribution in [0.5, 0.6) is 0 Å². The van der Waals surface area contributed by atoms with Gasteiger partial charge in [0.2, 0.25) is 0 Å². The van der Waals surface area contributed by atoms with E-state index in [1.165, 1.54) is 21.1 Å². The molecule has 1 atom stereocenters. The van der Waals surface area contributed by atoms with Gasteiger partial charge in [-0.3, -0.25) is 0 Å². The molecule has 46 valence electrons. The zero-order valence-electron chi connectivity index (χ0n) is 7.11. The summed E-state index contributed by atoms with van der Waals surface area (Å²) in [4.78, 5) is 0. The normalized spacial score (nSPS) is 11.8. The van der Waals surface area contributed by atoms with Gasteiger partial charge in [-0.2, -0.15) is 0 Å². The molecule has 0 spiro atoms. The van der Waals surface area contributed by atoms with Crippen molar-refractivity contribution in [3.05, 3.63) is 0 Å². The summed E-state index contributed by atoms with van der Waals surface area (Å²) in [5, 5.41) is 0. The molecular weight excluding hydrogens is 230 g/mol. The maximum absolute atomic E-state index is 2.37. The molecule has 4 heteroatoms. The van der Waals surface area contributed by atoms with E-state index >= 15 is 0 Å². The quantitative estimate of drug-likeness (QED) is 0.586. The van der Waals surface area contributed by atoms with Crippen molar-refractivity contribution in [1.82, 2.24) is 0 Å². The van der Waals surface area contributed by atoms with Crippen molar-refractivity contribution in [2.24, 2.45) is 0 Å². The van der Waals surface area contributed by atoms with E-state index in [2.05, 4.69) is 21.5 Å². The molecule has 0 aromatic heterocycles. The molecule has 0 aromatic carbocycles. The van der Waals surface area contributed by atoms with Gasteiger partial charge in [0.15, 0.2) is 0 Å². The van der Waals surface area contributed by atoms with E-state index in [9.17, 15) is 0 Å². The fourth-order valence-electron chi connectivity index (χ4n) is 1.37. The van der Waals surface area contributed by atoms with Crippen LogP contribution in [0.25, 0.3) is 0 Å². The van der Waals surface area contributed by atoms with Crippen LogP contribution in [0.3, 0.4) is 0 Å². The standard InChI is InChI=1S/C3H10B3.C2H5.Ba/c1-5-2-3-6-4;1-2;/h3,5-6H,2,4H2,1H3;1H2,2H3;. The van der Waals surface area contributed by atoms with Crippen molar-refractivity contribution in [3.63, 3.8) is 0 Å². The zero-order chi connectivity index (χ0) is 7.11. The third-order valence-corrected chi connectivity index (χ3v) is 9.44. The second kappa shape index (κ2) is 7.87. The predicted octanol–water partition coefficient (Wildman–Crippen LogP) is -0.238. The predicted molar refractivity (Wildman–Crippen MR) is 53.5 cm³/mol. The molecule has 0 amide bonds. The number of hydrogen-bond acceptors (Lipinski definition) is 0. The summed E-state index contributed by atoms with van der Waals surface area (Å²) >= 11 is -0.341. The van der Waals surface area contributed by atoms with Crippen LogP contribution in [0.4, 0.5) is 0 Å². The van der Waals surface area contributed by atoms with Crippen molar-refractivity contribution < 1.29 is 0 Å². The van der Waals surface area contributed by atoms with E-state index in [4.69, 9.17) is 0 Å². The molecule has 0 radical (unpaired) electrons. The monoisotopic (exact) mass is 246 g/mol. The topological polar surface area (TPSA) is 0 Å². The summed E-state index contributed by atoms with van der Waals surface area (Å²) in [7, 11) is 5.25. The van der Waals surface area contributed by atoms with E-state index < -0.39 is 0 Å². The average Bonchev–Trinajstić information content (AvgIpc) is 1.88. The van der Waals surface area contributed by atoms with Crippen LogP contribution in [0.15, 0.2) is 0 Å². The summed E-state index contributed by atoms with van der Waals surface area (Å²) in [5.74, 6) is 0. The Labute approximate surface area is 86.1 Å². The van der Waals surface area contributed by atoms with E-state index in [0.717, 1.165) is 0 Å². The zero-order valence-corrected chi connectivity index (χ0v) is 11.6. The Hall–Kier alpha value is 1.77. The molecule has 0 saturated carbocycles. The Morgan fingerprint density at radius 1 is 1.67 bits per heavy atom. The molecule has 0 aliphatic carbocycles. The van der Waals surface area contributed by atoms with Gasteiger partial charge >= 0.3 is 87.6 Å². The summed E-state index contributed by atoms with van der Waals surface area (Å²) < 4.78 is 2.82. The van der Waals surface area contributed by atoms with E-state index in [1.807, 2.05) is 0 Å². The van der Waals surface area contributed by atoms with Crippen LogP contribution in [0, 0.1) is 0 Å². The van der Waals surface area contributed by atoms with Crippen molar-refractivity contribution in [2.45, 2.75) is 21.2 Å². The van der Waals surface area contributed by atoms with Crippen molar-refractivity contribution in [3.8, 4) is 0 Å². The molecule has 0 heterocycles. The molecule has 0 rings (SSSR count). The van der Waals surface area contributed by atoms with Gasteiger partial charge < -0.3 is 0 Å². The summed E-state index contributed by atoms with van der Waals surface area (Å²) in [5.41, 5.74) is 0. The summed E-state index contributed by atoms with van der Waals surface area (Å²) in [6.45, 7) is 4.69. The maximum atomic E-state index is 2.37. The molecule has 1 unspecified atom stereocenters. The Balaban J connectivity index is 3.18. The van der Waals surface area contributed by atoms with Crippen LogP contribution in [0.1, 0.15) is 6.92 Å². The van der Waals surface area contributed by atoms with Crippen LogP contribution >= 0.6 is 0 Å². The van der Waals surface area contributed by atoms with Gasteiger partial charge in [-0.25, -0.2) is 0 Å². The first-order valence-corrected chi connectivity index (χ1v) is 10.0. The van der Waals surface area contributed by atoms with Gasteiger partial charge in [0.05, 0.1) is 0 Å². The van der Waals surface area contributed by atoms with Gasteiger partial charge in [0.25, 0.3) is 0 Å². The molecule has 0 bridgehead atoms. The van der Waals surface area contributed by atoms with Crippen LogP contribution in [-0.2, 0) is 0 Å². The van der Waals surface area contributed by atoms with Crippen molar-refractivity contribution in [2.75, 3.05) is 0 Å². The summed E-state index contributed by atoms with van der Waals surface area (Å²) in [6, 6.07) is 0. The SMILES string of the molecule is BB[CH](CBC)[Ba][CH2]C. The average molecular weight is 245 g/mol. The minimum absolute atomic E-state index is 0.341. The fourth-order valence-corrected chi connectivity index (χ4v) is 7.40. The first-order chi connectivity index (χ1) is 4.35. The van der Waals surface area contributed by atoms with Gasteiger partial charge in [0.1, 0.15) is 0 Å². The molecule has 0 nitrogen and oxygen atoms in total. The second-order valence-electron chi connectivity index (χ2n) is 2.85. The third kappa shape index (κ3) is 6.18. The van der Waals surface area contributed by atoms with E-state index in [0.29, 0.717) is 0 Å². The molecule has 0 N–H and O–H groups in total. The van der Waals surface area contributed by atoms with Crippen molar-refractivity contribution in [1.29, 1.82) is 0 Å². The van der Waals surface area contributed by atoms with Gasteiger partial charge in [-0.15, -0.1) is 0 Å². The fraction of sp³-hybridized carbons (Fsp3) is 1.00. The number of hydrogen-bond donors (Lipinski definition) is 0. The van der Waals surface area contributed by atoms with Crippen LogP contribution in [-0.4, -0.2) is 66.4 Å². The first-order valence-electron chi connectivity index (χ1n) is 4.35. The van der Waals surface area contributed by atoms with Gasteiger partial charge in [-0.05, 0) is 0 Å². The second-order valence-corrected chi connectivity index (χ2v) is 11.4. The molecule has 0 saturated heterocycles. The Morgan fingerprint density at radius 2 is 2.33 bits per heavy atom. The van der Waals surface area contributed by atoms with E-state index in [-0.39, 0.29) is 44.2 Å².